The molecule has 2 saturated heterocycles. The van der Waals surface area contributed by atoms with Gasteiger partial charge < -0.3 is 19.7 Å². The number of ether oxygens (including phenoxy) is 2. The summed E-state index contributed by atoms with van der Waals surface area (Å²) in [6.07, 6.45) is 2.60. The summed E-state index contributed by atoms with van der Waals surface area (Å²) in [7, 11) is 1.57. The van der Waals surface area contributed by atoms with Crippen molar-refractivity contribution in [3.05, 3.63) is 65.5 Å². The SMILES string of the molecule is COc1ccc(C(=O)N2CCC3(CC2)OCC(C(=O)NC2CC2)N3C(=O)c2ccc(F)cc2)cc1. The molecule has 5 rings (SSSR count). The standard InChI is InChI=1S/C26H28FN3O5/c1-34-21-10-4-17(5-11-21)24(32)29-14-12-26(13-15-29)30(25(33)18-2-6-19(27)7-3-18)22(16-35-26)23(31)28-20-8-9-20/h2-7,10-11,20,22H,8-9,12-16H2,1H3,(H,28,31). The maximum absolute atomic E-state index is 13.6. The number of carbonyl (C=O) groups excluding carboxylic acids is 3. The van der Waals surface area contributed by atoms with Crippen LogP contribution in [0.15, 0.2) is 48.5 Å². The Balaban J connectivity index is 1.35. The first-order chi connectivity index (χ1) is 16.9. The third-order valence-corrected chi connectivity index (χ3v) is 6.97. The zero-order valence-electron chi connectivity index (χ0n) is 19.5. The molecule has 0 radical (unpaired) electrons. The van der Waals surface area contributed by atoms with Crippen molar-refractivity contribution in [1.82, 2.24) is 15.1 Å². The van der Waals surface area contributed by atoms with Crippen LogP contribution in [0.5, 0.6) is 5.75 Å². The van der Waals surface area contributed by atoms with Gasteiger partial charge in [0.2, 0.25) is 5.91 Å². The Morgan fingerprint density at radius 1 is 0.971 bits per heavy atom. The Morgan fingerprint density at radius 2 is 1.57 bits per heavy atom. The van der Waals surface area contributed by atoms with Crippen molar-refractivity contribution in [2.75, 3.05) is 26.8 Å². The Hall–Kier alpha value is -3.46. The summed E-state index contributed by atoms with van der Waals surface area (Å²) in [6.45, 7) is 0.821. The van der Waals surface area contributed by atoms with Gasteiger partial charge >= 0.3 is 0 Å². The van der Waals surface area contributed by atoms with Gasteiger partial charge in [0, 0.05) is 43.1 Å². The lowest BCUT2D eigenvalue weighted by Crippen LogP contribution is -2.60. The van der Waals surface area contributed by atoms with Gasteiger partial charge in [-0.2, -0.15) is 0 Å². The number of hydrogen-bond donors (Lipinski definition) is 1. The summed E-state index contributed by atoms with van der Waals surface area (Å²) in [5.41, 5.74) is -0.166. The van der Waals surface area contributed by atoms with E-state index in [-0.39, 0.29) is 35.9 Å². The molecule has 3 amide bonds. The van der Waals surface area contributed by atoms with Gasteiger partial charge in [-0.05, 0) is 61.4 Å². The second-order valence-corrected chi connectivity index (χ2v) is 9.26. The molecule has 1 spiro atoms. The lowest BCUT2D eigenvalue weighted by molar-refractivity contribution is -0.128. The molecule has 2 aliphatic heterocycles. The minimum absolute atomic E-state index is 0.0813. The average molecular weight is 482 g/mol. The van der Waals surface area contributed by atoms with Crippen molar-refractivity contribution >= 4 is 17.7 Å². The van der Waals surface area contributed by atoms with E-state index >= 15 is 0 Å². The Kier molecular flexibility index (Phi) is 6.19. The molecule has 9 heteroatoms. The van der Waals surface area contributed by atoms with E-state index in [1.54, 1.807) is 36.3 Å². The molecule has 8 nitrogen and oxygen atoms in total. The first kappa shape index (κ1) is 23.3. The number of amides is 3. The van der Waals surface area contributed by atoms with E-state index in [1.165, 1.54) is 29.2 Å². The van der Waals surface area contributed by atoms with Gasteiger partial charge in [0.25, 0.3) is 11.8 Å². The van der Waals surface area contributed by atoms with Crippen LogP contribution in [0.25, 0.3) is 0 Å². The van der Waals surface area contributed by atoms with Crippen LogP contribution >= 0.6 is 0 Å². The number of rotatable bonds is 5. The highest BCUT2D eigenvalue weighted by atomic mass is 19.1. The maximum atomic E-state index is 13.6. The largest absolute Gasteiger partial charge is 0.497 e. The van der Waals surface area contributed by atoms with Crippen molar-refractivity contribution < 1.29 is 28.2 Å². The van der Waals surface area contributed by atoms with Gasteiger partial charge in [0.15, 0.2) is 0 Å². The highest BCUT2D eigenvalue weighted by Crippen LogP contribution is 2.39. The number of nitrogens with zero attached hydrogens (tertiary/aromatic N) is 2. The summed E-state index contributed by atoms with van der Waals surface area (Å²) in [5.74, 6) is -0.504. The molecule has 1 N–H and O–H groups in total. The molecule has 0 bridgehead atoms. The summed E-state index contributed by atoms with van der Waals surface area (Å²) < 4.78 is 24.8. The number of methoxy groups -OCH3 is 1. The van der Waals surface area contributed by atoms with E-state index in [1.807, 2.05) is 0 Å². The first-order valence-corrected chi connectivity index (χ1v) is 11.9. The Morgan fingerprint density at radius 3 is 2.17 bits per heavy atom. The predicted molar refractivity (Wildman–Crippen MR) is 124 cm³/mol. The highest BCUT2D eigenvalue weighted by molar-refractivity contribution is 5.98. The number of halogens is 1. The molecule has 1 unspecified atom stereocenters. The van der Waals surface area contributed by atoms with Crippen molar-refractivity contribution in [1.29, 1.82) is 0 Å². The molecule has 184 valence electrons. The summed E-state index contributed by atoms with van der Waals surface area (Å²) in [5, 5.41) is 2.97. The normalized spacial score (nSPS) is 21.1. The van der Waals surface area contributed by atoms with E-state index in [4.69, 9.17) is 9.47 Å². The van der Waals surface area contributed by atoms with Crippen LogP contribution in [-0.4, -0.2) is 72.1 Å². The van der Waals surface area contributed by atoms with Gasteiger partial charge in [-0.15, -0.1) is 0 Å². The summed E-state index contributed by atoms with van der Waals surface area (Å²) in [4.78, 5) is 42.9. The molecule has 1 atom stereocenters. The number of hydrogen-bond acceptors (Lipinski definition) is 5. The third-order valence-electron chi connectivity index (χ3n) is 6.97. The van der Waals surface area contributed by atoms with Gasteiger partial charge in [-0.25, -0.2) is 4.39 Å². The predicted octanol–water partition coefficient (Wildman–Crippen LogP) is 2.59. The zero-order chi connectivity index (χ0) is 24.6. The van der Waals surface area contributed by atoms with Gasteiger partial charge in [-0.3, -0.25) is 19.3 Å². The molecule has 2 heterocycles. The second-order valence-electron chi connectivity index (χ2n) is 9.26. The highest BCUT2D eigenvalue weighted by Gasteiger charge is 2.54. The van der Waals surface area contributed by atoms with Crippen LogP contribution in [0, 0.1) is 5.82 Å². The molecular weight excluding hydrogens is 453 g/mol. The maximum Gasteiger partial charge on any atom is 0.256 e. The van der Waals surface area contributed by atoms with E-state index in [2.05, 4.69) is 5.32 Å². The molecule has 1 saturated carbocycles. The summed E-state index contributed by atoms with van der Waals surface area (Å²) in [6, 6.07) is 11.6. The van der Waals surface area contributed by atoms with Crippen LogP contribution in [0.4, 0.5) is 4.39 Å². The molecule has 2 aromatic carbocycles. The molecule has 3 fully saturated rings. The number of likely N-dealkylation sites (tertiary alicyclic amines) is 1. The van der Waals surface area contributed by atoms with E-state index in [0.29, 0.717) is 37.2 Å². The molecule has 0 aromatic heterocycles. The molecule has 3 aliphatic rings. The fourth-order valence-corrected chi connectivity index (χ4v) is 4.80. The van der Waals surface area contributed by atoms with Crippen molar-refractivity contribution in [2.45, 2.75) is 43.5 Å². The number of carbonyl (C=O) groups is 3. The van der Waals surface area contributed by atoms with Crippen molar-refractivity contribution in [3.8, 4) is 5.75 Å². The van der Waals surface area contributed by atoms with E-state index in [9.17, 15) is 18.8 Å². The first-order valence-electron chi connectivity index (χ1n) is 11.9. The second kappa shape index (κ2) is 9.30. The van der Waals surface area contributed by atoms with Gasteiger partial charge in [-0.1, -0.05) is 0 Å². The molecule has 1 aliphatic carbocycles. The molecule has 2 aromatic rings. The number of nitrogens with one attached hydrogen (secondary N) is 1. The smallest absolute Gasteiger partial charge is 0.256 e. The fraction of sp³-hybridized carbons (Fsp3) is 0.423. The average Bonchev–Trinajstić information content (AvgIpc) is 3.63. The minimum Gasteiger partial charge on any atom is -0.497 e. The minimum atomic E-state index is -1.01. The topological polar surface area (TPSA) is 88.2 Å². The quantitative estimate of drug-likeness (QED) is 0.709. The van der Waals surface area contributed by atoms with E-state index < -0.39 is 17.6 Å². The van der Waals surface area contributed by atoms with Crippen molar-refractivity contribution in [3.63, 3.8) is 0 Å². The third kappa shape index (κ3) is 4.60. The fourth-order valence-electron chi connectivity index (χ4n) is 4.80. The summed E-state index contributed by atoms with van der Waals surface area (Å²) >= 11 is 0. The van der Waals surface area contributed by atoms with Crippen LogP contribution < -0.4 is 10.1 Å². The molecule has 35 heavy (non-hydrogen) atoms. The van der Waals surface area contributed by atoms with Crippen LogP contribution in [0.2, 0.25) is 0 Å². The van der Waals surface area contributed by atoms with Crippen LogP contribution in [-0.2, 0) is 9.53 Å². The lowest BCUT2D eigenvalue weighted by Gasteiger charge is -2.44. The van der Waals surface area contributed by atoms with Crippen molar-refractivity contribution in [2.24, 2.45) is 0 Å². The Bertz CT molecular complexity index is 1110. The lowest BCUT2D eigenvalue weighted by atomic mass is 9.96. The van der Waals surface area contributed by atoms with E-state index in [0.717, 1.165) is 12.8 Å². The van der Waals surface area contributed by atoms with Crippen LogP contribution in [0.3, 0.4) is 0 Å². The monoisotopic (exact) mass is 481 g/mol. The van der Waals surface area contributed by atoms with Gasteiger partial charge in [0.1, 0.15) is 23.3 Å². The molecular formula is C26H28FN3O5. The van der Waals surface area contributed by atoms with Gasteiger partial charge in [0.05, 0.1) is 13.7 Å². The number of benzene rings is 2. The number of piperidine rings is 1. The van der Waals surface area contributed by atoms with Crippen LogP contribution in [0.1, 0.15) is 46.4 Å². The Labute approximate surface area is 203 Å². The zero-order valence-corrected chi connectivity index (χ0v) is 19.5.